The zero-order valence-corrected chi connectivity index (χ0v) is 13.7. The standard InChI is InChI=1S/C21H14N2O3/c24-21(17-10-12-22-13-11-17)25-18-8-6-15(7-9-18)19-14-20(26-23-19)16-4-2-1-3-5-16/h1-14H. The number of esters is 1. The Morgan fingerprint density at radius 1 is 0.846 bits per heavy atom. The highest BCUT2D eigenvalue weighted by atomic mass is 16.5. The fraction of sp³-hybridized carbons (Fsp3) is 0. The third kappa shape index (κ3) is 3.37. The van der Waals surface area contributed by atoms with Gasteiger partial charge in [-0.2, -0.15) is 0 Å². The molecule has 0 spiro atoms. The lowest BCUT2D eigenvalue weighted by molar-refractivity contribution is 0.0734. The highest BCUT2D eigenvalue weighted by Crippen LogP contribution is 2.27. The third-order valence-corrected chi connectivity index (χ3v) is 3.85. The average molecular weight is 342 g/mol. The summed E-state index contributed by atoms with van der Waals surface area (Å²) >= 11 is 0. The van der Waals surface area contributed by atoms with Gasteiger partial charge in [0.2, 0.25) is 0 Å². The highest BCUT2D eigenvalue weighted by Gasteiger charge is 2.10. The van der Waals surface area contributed by atoms with Crippen molar-refractivity contribution in [2.45, 2.75) is 0 Å². The van der Waals surface area contributed by atoms with Crippen molar-refractivity contribution < 1.29 is 14.1 Å². The molecular weight excluding hydrogens is 328 g/mol. The molecule has 0 aliphatic carbocycles. The van der Waals surface area contributed by atoms with E-state index in [0.29, 0.717) is 17.1 Å². The van der Waals surface area contributed by atoms with E-state index in [2.05, 4.69) is 10.1 Å². The van der Waals surface area contributed by atoms with E-state index in [1.165, 1.54) is 0 Å². The molecule has 0 unspecified atom stereocenters. The van der Waals surface area contributed by atoms with E-state index in [4.69, 9.17) is 9.26 Å². The van der Waals surface area contributed by atoms with Gasteiger partial charge in [-0.15, -0.1) is 0 Å². The summed E-state index contributed by atoms with van der Waals surface area (Å²) < 4.78 is 10.8. The second-order valence-corrected chi connectivity index (χ2v) is 5.59. The molecule has 0 atom stereocenters. The van der Waals surface area contributed by atoms with Gasteiger partial charge in [-0.25, -0.2) is 4.79 Å². The Labute approximate surface area is 149 Å². The number of rotatable bonds is 4. The number of carbonyl (C=O) groups is 1. The lowest BCUT2D eigenvalue weighted by atomic mass is 10.1. The first-order valence-electron chi connectivity index (χ1n) is 8.04. The van der Waals surface area contributed by atoms with Crippen LogP contribution >= 0.6 is 0 Å². The van der Waals surface area contributed by atoms with Crippen molar-refractivity contribution in [3.63, 3.8) is 0 Å². The maximum absolute atomic E-state index is 12.1. The Kier molecular flexibility index (Phi) is 4.26. The molecule has 0 amide bonds. The van der Waals surface area contributed by atoms with Crippen LogP contribution in [0.1, 0.15) is 10.4 Å². The van der Waals surface area contributed by atoms with Crippen LogP contribution in [0.5, 0.6) is 5.75 Å². The first kappa shape index (κ1) is 15.8. The fourth-order valence-corrected chi connectivity index (χ4v) is 2.50. The van der Waals surface area contributed by atoms with Crippen LogP contribution in [0, 0.1) is 0 Å². The Morgan fingerprint density at radius 3 is 2.31 bits per heavy atom. The van der Waals surface area contributed by atoms with Gasteiger partial charge in [0.15, 0.2) is 5.76 Å². The summed E-state index contributed by atoms with van der Waals surface area (Å²) in [5.41, 5.74) is 3.01. The summed E-state index contributed by atoms with van der Waals surface area (Å²) in [6.07, 6.45) is 3.10. The van der Waals surface area contributed by atoms with E-state index >= 15 is 0 Å². The lowest BCUT2D eigenvalue weighted by Crippen LogP contribution is -2.08. The minimum absolute atomic E-state index is 0.423. The molecule has 0 aliphatic rings. The Bertz CT molecular complexity index is 1010. The van der Waals surface area contributed by atoms with Crippen molar-refractivity contribution in [1.82, 2.24) is 10.1 Å². The van der Waals surface area contributed by atoms with Gasteiger partial charge in [-0.05, 0) is 36.4 Å². The summed E-state index contributed by atoms with van der Waals surface area (Å²) in [5.74, 6) is 0.740. The van der Waals surface area contributed by atoms with Crippen LogP contribution in [0.15, 0.2) is 89.7 Å². The molecule has 0 saturated carbocycles. The van der Waals surface area contributed by atoms with Crippen LogP contribution in [-0.2, 0) is 0 Å². The van der Waals surface area contributed by atoms with Crippen molar-refractivity contribution in [3.05, 3.63) is 90.8 Å². The topological polar surface area (TPSA) is 65.2 Å². The maximum atomic E-state index is 12.1. The number of pyridine rings is 1. The zero-order valence-electron chi connectivity index (χ0n) is 13.7. The predicted molar refractivity (Wildman–Crippen MR) is 96.6 cm³/mol. The summed E-state index contributed by atoms with van der Waals surface area (Å²) in [6, 6.07) is 22.0. The summed E-state index contributed by atoms with van der Waals surface area (Å²) in [5, 5.41) is 4.11. The summed E-state index contributed by atoms with van der Waals surface area (Å²) in [6.45, 7) is 0. The molecule has 0 N–H and O–H groups in total. The van der Waals surface area contributed by atoms with Crippen LogP contribution in [0.3, 0.4) is 0 Å². The molecule has 0 bridgehead atoms. The molecule has 5 nitrogen and oxygen atoms in total. The number of ether oxygens (including phenoxy) is 1. The molecule has 5 heteroatoms. The first-order valence-corrected chi connectivity index (χ1v) is 8.04. The van der Waals surface area contributed by atoms with Crippen molar-refractivity contribution >= 4 is 5.97 Å². The number of benzene rings is 2. The molecule has 26 heavy (non-hydrogen) atoms. The minimum Gasteiger partial charge on any atom is -0.423 e. The molecule has 0 aliphatic heterocycles. The average Bonchev–Trinajstić information content (AvgIpc) is 3.20. The number of hydrogen-bond acceptors (Lipinski definition) is 5. The van der Waals surface area contributed by atoms with Gasteiger partial charge in [0, 0.05) is 29.6 Å². The highest BCUT2D eigenvalue weighted by molar-refractivity contribution is 5.90. The third-order valence-electron chi connectivity index (χ3n) is 3.85. The van der Waals surface area contributed by atoms with Gasteiger partial charge in [0.25, 0.3) is 0 Å². The predicted octanol–water partition coefficient (Wildman–Crippen LogP) is 4.62. The van der Waals surface area contributed by atoms with E-state index in [1.54, 1.807) is 36.7 Å². The first-order chi connectivity index (χ1) is 12.8. The molecule has 0 radical (unpaired) electrons. The molecule has 2 heterocycles. The molecular formula is C21H14N2O3. The van der Waals surface area contributed by atoms with E-state index in [0.717, 1.165) is 16.8 Å². The smallest absolute Gasteiger partial charge is 0.343 e. The van der Waals surface area contributed by atoms with Gasteiger partial charge < -0.3 is 9.26 Å². The van der Waals surface area contributed by atoms with Gasteiger partial charge >= 0.3 is 5.97 Å². The van der Waals surface area contributed by atoms with Crippen LogP contribution in [-0.4, -0.2) is 16.1 Å². The van der Waals surface area contributed by atoms with E-state index in [9.17, 15) is 4.79 Å². The van der Waals surface area contributed by atoms with Gasteiger partial charge in [-0.1, -0.05) is 35.5 Å². The fourth-order valence-electron chi connectivity index (χ4n) is 2.50. The lowest BCUT2D eigenvalue weighted by Gasteiger charge is -2.04. The van der Waals surface area contributed by atoms with E-state index < -0.39 is 5.97 Å². The summed E-state index contributed by atoms with van der Waals surface area (Å²) in [7, 11) is 0. The molecule has 2 aromatic carbocycles. The molecule has 0 saturated heterocycles. The largest absolute Gasteiger partial charge is 0.423 e. The monoisotopic (exact) mass is 342 g/mol. The van der Waals surface area contributed by atoms with Crippen LogP contribution in [0.25, 0.3) is 22.6 Å². The molecule has 2 aromatic heterocycles. The van der Waals surface area contributed by atoms with Crippen LogP contribution < -0.4 is 4.74 Å². The maximum Gasteiger partial charge on any atom is 0.343 e. The zero-order chi connectivity index (χ0) is 17.8. The minimum atomic E-state index is -0.423. The van der Waals surface area contributed by atoms with Crippen molar-refractivity contribution in [1.29, 1.82) is 0 Å². The number of nitrogens with zero attached hydrogens (tertiary/aromatic N) is 2. The van der Waals surface area contributed by atoms with Crippen LogP contribution in [0.4, 0.5) is 0 Å². The van der Waals surface area contributed by atoms with Crippen LogP contribution in [0.2, 0.25) is 0 Å². The summed E-state index contributed by atoms with van der Waals surface area (Å²) in [4.78, 5) is 15.9. The molecule has 4 rings (SSSR count). The molecule has 126 valence electrons. The quantitative estimate of drug-likeness (QED) is 0.400. The second kappa shape index (κ2) is 7.03. The number of hydrogen-bond donors (Lipinski definition) is 0. The van der Waals surface area contributed by atoms with Crippen molar-refractivity contribution in [2.24, 2.45) is 0 Å². The number of carbonyl (C=O) groups excluding carboxylic acids is 1. The van der Waals surface area contributed by atoms with Gasteiger partial charge in [0.05, 0.1) is 5.56 Å². The Morgan fingerprint density at radius 2 is 1.58 bits per heavy atom. The number of aromatic nitrogens is 2. The van der Waals surface area contributed by atoms with Crippen molar-refractivity contribution in [2.75, 3.05) is 0 Å². The Balaban J connectivity index is 1.50. The Hall–Kier alpha value is -3.73. The second-order valence-electron chi connectivity index (χ2n) is 5.59. The van der Waals surface area contributed by atoms with Gasteiger partial charge in [0.1, 0.15) is 11.4 Å². The molecule has 0 fully saturated rings. The van der Waals surface area contributed by atoms with E-state index in [-0.39, 0.29) is 0 Å². The van der Waals surface area contributed by atoms with E-state index in [1.807, 2.05) is 48.5 Å². The van der Waals surface area contributed by atoms with Gasteiger partial charge in [-0.3, -0.25) is 4.98 Å². The molecule has 4 aromatic rings. The normalized spacial score (nSPS) is 10.5. The van der Waals surface area contributed by atoms with Crippen molar-refractivity contribution in [3.8, 4) is 28.3 Å². The SMILES string of the molecule is O=C(Oc1ccc(-c2cc(-c3ccccc3)on2)cc1)c1ccncc1.